The SMILES string of the molecule is COc1cc(Cl)nc(NC(=O)c2cccc(OC)c2O)n1. The maximum atomic E-state index is 12.1. The van der Waals surface area contributed by atoms with Gasteiger partial charge in [-0.1, -0.05) is 17.7 Å². The molecule has 0 aliphatic rings. The van der Waals surface area contributed by atoms with Crippen LogP contribution in [0.3, 0.4) is 0 Å². The summed E-state index contributed by atoms with van der Waals surface area (Å²) in [5.41, 5.74) is 0.0249. The average molecular weight is 310 g/mol. The van der Waals surface area contributed by atoms with E-state index >= 15 is 0 Å². The Hall–Kier alpha value is -2.54. The van der Waals surface area contributed by atoms with Crippen molar-refractivity contribution in [1.82, 2.24) is 9.97 Å². The number of phenolic OH excluding ortho intramolecular Hbond substituents is 1. The fourth-order valence-electron chi connectivity index (χ4n) is 1.60. The zero-order valence-corrected chi connectivity index (χ0v) is 12.0. The van der Waals surface area contributed by atoms with Crippen molar-refractivity contribution in [3.05, 3.63) is 35.0 Å². The lowest BCUT2D eigenvalue weighted by atomic mass is 10.1. The van der Waals surface area contributed by atoms with Crippen molar-refractivity contribution in [3.8, 4) is 17.4 Å². The van der Waals surface area contributed by atoms with Crippen molar-refractivity contribution < 1.29 is 19.4 Å². The first-order valence-corrected chi connectivity index (χ1v) is 6.19. The first-order chi connectivity index (χ1) is 10.0. The molecule has 2 N–H and O–H groups in total. The third-order valence-electron chi connectivity index (χ3n) is 2.57. The molecule has 0 saturated carbocycles. The highest BCUT2D eigenvalue weighted by atomic mass is 35.5. The lowest BCUT2D eigenvalue weighted by Gasteiger charge is -2.09. The highest BCUT2D eigenvalue weighted by Gasteiger charge is 2.16. The first kappa shape index (κ1) is 14.9. The van der Waals surface area contributed by atoms with Crippen LogP contribution in [0.4, 0.5) is 5.95 Å². The molecule has 1 amide bonds. The second-order valence-corrected chi connectivity index (χ2v) is 4.25. The number of halogens is 1. The fourth-order valence-corrected chi connectivity index (χ4v) is 1.77. The standard InChI is InChI=1S/C13H12ClN3O4/c1-20-8-5-3-4-7(11(8)18)12(19)17-13-15-9(14)6-10(16-13)21-2/h3-6,18H,1-2H3,(H,15,16,17,19). The van der Waals surface area contributed by atoms with Crippen LogP contribution in [0.2, 0.25) is 5.15 Å². The Morgan fingerprint density at radius 1 is 1.29 bits per heavy atom. The molecular weight excluding hydrogens is 298 g/mol. The molecule has 0 bridgehead atoms. The summed E-state index contributed by atoms with van der Waals surface area (Å²) in [6, 6.07) is 5.95. The summed E-state index contributed by atoms with van der Waals surface area (Å²) in [4.78, 5) is 19.9. The number of nitrogens with zero attached hydrogens (tertiary/aromatic N) is 2. The Morgan fingerprint density at radius 2 is 2.05 bits per heavy atom. The van der Waals surface area contributed by atoms with E-state index in [0.29, 0.717) is 0 Å². The van der Waals surface area contributed by atoms with Crippen molar-refractivity contribution in [3.63, 3.8) is 0 Å². The van der Waals surface area contributed by atoms with Crippen LogP contribution in [0.25, 0.3) is 0 Å². The topological polar surface area (TPSA) is 93.6 Å². The van der Waals surface area contributed by atoms with E-state index in [9.17, 15) is 9.90 Å². The summed E-state index contributed by atoms with van der Waals surface area (Å²) in [6.07, 6.45) is 0. The molecule has 0 spiro atoms. The van der Waals surface area contributed by atoms with Crippen LogP contribution in [0.1, 0.15) is 10.4 Å². The average Bonchev–Trinajstić information content (AvgIpc) is 2.46. The molecule has 0 radical (unpaired) electrons. The third-order valence-corrected chi connectivity index (χ3v) is 2.76. The monoisotopic (exact) mass is 309 g/mol. The highest BCUT2D eigenvalue weighted by Crippen LogP contribution is 2.29. The minimum absolute atomic E-state index is 0.0249. The van der Waals surface area contributed by atoms with Gasteiger partial charge in [0.15, 0.2) is 11.5 Å². The molecule has 0 saturated heterocycles. The number of phenols is 1. The lowest BCUT2D eigenvalue weighted by Crippen LogP contribution is -2.15. The Balaban J connectivity index is 2.28. The van der Waals surface area contributed by atoms with Crippen molar-refractivity contribution in [2.75, 3.05) is 19.5 Å². The molecule has 110 valence electrons. The number of aromatic nitrogens is 2. The van der Waals surface area contributed by atoms with Gasteiger partial charge in [-0.25, -0.2) is 4.98 Å². The van der Waals surface area contributed by atoms with Gasteiger partial charge in [-0.2, -0.15) is 4.98 Å². The molecule has 1 aromatic carbocycles. The van der Waals surface area contributed by atoms with Crippen LogP contribution in [-0.4, -0.2) is 35.2 Å². The van der Waals surface area contributed by atoms with E-state index in [1.807, 2.05) is 0 Å². The molecule has 7 nitrogen and oxygen atoms in total. The maximum absolute atomic E-state index is 12.1. The fraction of sp³-hybridized carbons (Fsp3) is 0.154. The lowest BCUT2D eigenvalue weighted by molar-refractivity contribution is 0.102. The molecular formula is C13H12ClN3O4. The third kappa shape index (κ3) is 3.32. The van der Waals surface area contributed by atoms with E-state index < -0.39 is 5.91 Å². The number of carbonyl (C=O) groups excluding carboxylic acids is 1. The summed E-state index contributed by atoms with van der Waals surface area (Å²) in [7, 11) is 2.81. The summed E-state index contributed by atoms with van der Waals surface area (Å²) in [5.74, 6) is -0.513. The molecule has 0 aliphatic carbocycles. The minimum atomic E-state index is -0.601. The van der Waals surface area contributed by atoms with Crippen LogP contribution in [0.5, 0.6) is 17.4 Å². The van der Waals surface area contributed by atoms with Crippen molar-refractivity contribution >= 4 is 23.5 Å². The van der Waals surface area contributed by atoms with E-state index in [1.165, 1.54) is 32.4 Å². The number of benzene rings is 1. The van der Waals surface area contributed by atoms with E-state index in [2.05, 4.69) is 15.3 Å². The number of hydrogen-bond acceptors (Lipinski definition) is 6. The van der Waals surface area contributed by atoms with Gasteiger partial charge in [-0.15, -0.1) is 0 Å². The summed E-state index contributed by atoms with van der Waals surface area (Å²) < 4.78 is 9.87. The van der Waals surface area contributed by atoms with E-state index in [1.54, 1.807) is 6.07 Å². The molecule has 2 aromatic rings. The van der Waals surface area contributed by atoms with Crippen LogP contribution in [0, 0.1) is 0 Å². The molecule has 2 rings (SSSR count). The number of rotatable bonds is 4. The number of aromatic hydroxyl groups is 1. The number of hydrogen-bond donors (Lipinski definition) is 2. The van der Waals surface area contributed by atoms with E-state index in [0.717, 1.165) is 0 Å². The zero-order chi connectivity index (χ0) is 15.4. The summed E-state index contributed by atoms with van der Waals surface area (Å²) >= 11 is 5.79. The van der Waals surface area contributed by atoms with Gasteiger partial charge in [-0.3, -0.25) is 10.1 Å². The van der Waals surface area contributed by atoms with Crippen molar-refractivity contribution in [2.45, 2.75) is 0 Å². The molecule has 0 unspecified atom stereocenters. The van der Waals surface area contributed by atoms with E-state index in [-0.39, 0.29) is 34.0 Å². The van der Waals surface area contributed by atoms with Crippen LogP contribution in [0.15, 0.2) is 24.3 Å². The predicted octanol–water partition coefficient (Wildman–Crippen LogP) is 2.11. The Kier molecular flexibility index (Phi) is 4.44. The molecule has 21 heavy (non-hydrogen) atoms. The molecule has 1 heterocycles. The number of carbonyl (C=O) groups is 1. The second-order valence-electron chi connectivity index (χ2n) is 3.87. The van der Waals surface area contributed by atoms with Gasteiger partial charge >= 0.3 is 0 Å². The smallest absolute Gasteiger partial charge is 0.261 e. The molecule has 8 heteroatoms. The number of amides is 1. The Bertz CT molecular complexity index is 678. The van der Waals surface area contributed by atoms with Crippen molar-refractivity contribution in [1.29, 1.82) is 0 Å². The van der Waals surface area contributed by atoms with Gasteiger partial charge in [0, 0.05) is 6.07 Å². The predicted molar refractivity (Wildman–Crippen MR) is 76.2 cm³/mol. The minimum Gasteiger partial charge on any atom is -0.504 e. The Morgan fingerprint density at radius 3 is 2.71 bits per heavy atom. The highest BCUT2D eigenvalue weighted by molar-refractivity contribution is 6.29. The quantitative estimate of drug-likeness (QED) is 0.840. The van der Waals surface area contributed by atoms with Crippen molar-refractivity contribution in [2.24, 2.45) is 0 Å². The van der Waals surface area contributed by atoms with Crippen LogP contribution < -0.4 is 14.8 Å². The van der Waals surface area contributed by atoms with Gasteiger partial charge in [0.25, 0.3) is 5.91 Å². The van der Waals surface area contributed by atoms with E-state index in [4.69, 9.17) is 21.1 Å². The van der Waals surface area contributed by atoms with Crippen LogP contribution >= 0.6 is 11.6 Å². The molecule has 0 atom stereocenters. The number of para-hydroxylation sites is 1. The number of methoxy groups -OCH3 is 2. The summed E-state index contributed by atoms with van der Waals surface area (Å²) in [5, 5.41) is 12.5. The number of nitrogens with one attached hydrogen (secondary N) is 1. The maximum Gasteiger partial charge on any atom is 0.261 e. The Labute approximate surface area is 125 Å². The van der Waals surface area contributed by atoms with Gasteiger partial charge in [0.1, 0.15) is 5.15 Å². The normalized spacial score (nSPS) is 10.0. The second kappa shape index (κ2) is 6.27. The molecule has 0 aliphatic heterocycles. The van der Waals surface area contributed by atoms with Gasteiger partial charge in [-0.05, 0) is 12.1 Å². The zero-order valence-electron chi connectivity index (χ0n) is 11.3. The largest absolute Gasteiger partial charge is 0.504 e. The summed E-state index contributed by atoms with van der Waals surface area (Å²) in [6.45, 7) is 0. The first-order valence-electron chi connectivity index (χ1n) is 5.81. The number of ether oxygens (including phenoxy) is 2. The van der Waals surface area contributed by atoms with Crippen LogP contribution in [-0.2, 0) is 0 Å². The van der Waals surface area contributed by atoms with Gasteiger partial charge < -0.3 is 14.6 Å². The van der Waals surface area contributed by atoms with Gasteiger partial charge in [0.05, 0.1) is 19.8 Å². The molecule has 1 aromatic heterocycles. The number of anilines is 1. The van der Waals surface area contributed by atoms with Gasteiger partial charge in [0.2, 0.25) is 11.8 Å². The molecule has 0 fully saturated rings.